The van der Waals surface area contributed by atoms with Crippen molar-refractivity contribution in [3.05, 3.63) is 28.3 Å². The number of benzene rings is 1. The first-order valence-corrected chi connectivity index (χ1v) is 7.99. The Morgan fingerprint density at radius 1 is 1.10 bits per heavy atom. The molecule has 0 radical (unpaired) electrons. The molecule has 0 aromatic heterocycles. The Labute approximate surface area is 126 Å². The van der Waals surface area contributed by atoms with Crippen molar-refractivity contribution in [2.45, 2.75) is 57.9 Å². The number of hydrogen-bond acceptors (Lipinski definition) is 4. The molecule has 0 heterocycles. The van der Waals surface area contributed by atoms with E-state index in [1.807, 2.05) is 13.0 Å². The van der Waals surface area contributed by atoms with Gasteiger partial charge < -0.3 is 10.6 Å². The number of nitrogens with one attached hydrogen (secondary N) is 2. The largest absolute Gasteiger partial charge is 0.385 e. The highest BCUT2D eigenvalue weighted by molar-refractivity contribution is 5.63. The fourth-order valence-electron chi connectivity index (χ4n) is 2.94. The number of nitro groups is 1. The van der Waals surface area contributed by atoms with Crippen molar-refractivity contribution < 1.29 is 4.92 Å². The minimum Gasteiger partial charge on any atom is -0.385 e. The molecule has 116 valence electrons. The first kappa shape index (κ1) is 15.6. The molecule has 2 rings (SSSR count). The van der Waals surface area contributed by atoms with Crippen LogP contribution in [0.2, 0.25) is 0 Å². The molecule has 0 amide bonds. The van der Waals surface area contributed by atoms with Crippen LogP contribution in [0.3, 0.4) is 0 Å². The average molecular weight is 291 g/mol. The normalized spacial score (nSPS) is 16.8. The molecule has 1 saturated carbocycles. The number of nitrogens with zero attached hydrogens (tertiary/aromatic N) is 1. The van der Waals surface area contributed by atoms with Crippen molar-refractivity contribution in [3.63, 3.8) is 0 Å². The number of nitro benzene ring substituents is 1. The number of non-ortho nitro benzene ring substituents is 1. The van der Waals surface area contributed by atoms with E-state index in [1.165, 1.54) is 32.1 Å². The SMILES string of the molecule is CCNc1cc(NC2CCCCCCC2)cc([N+](=O)[O-])c1. The Bertz CT molecular complexity index is 469. The Hall–Kier alpha value is -1.78. The van der Waals surface area contributed by atoms with E-state index >= 15 is 0 Å². The van der Waals surface area contributed by atoms with Gasteiger partial charge in [0.05, 0.1) is 4.92 Å². The number of rotatable bonds is 5. The molecule has 0 aliphatic heterocycles. The summed E-state index contributed by atoms with van der Waals surface area (Å²) in [4.78, 5) is 10.7. The van der Waals surface area contributed by atoms with Crippen LogP contribution in [-0.4, -0.2) is 17.5 Å². The van der Waals surface area contributed by atoms with Gasteiger partial charge in [-0.3, -0.25) is 10.1 Å². The van der Waals surface area contributed by atoms with Crippen LogP contribution < -0.4 is 10.6 Å². The summed E-state index contributed by atoms with van der Waals surface area (Å²) in [6, 6.07) is 5.63. The van der Waals surface area contributed by atoms with Crippen LogP contribution >= 0.6 is 0 Å². The van der Waals surface area contributed by atoms with Gasteiger partial charge >= 0.3 is 0 Å². The third-order valence-electron chi connectivity index (χ3n) is 3.99. The highest BCUT2D eigenvalue weighted by Gasteiger charge is 2.14. The van der Waals surface area contributed by atoms with Crippen LogP contribution in [0.15, 0.2) is 18.2 Å². The van der Waals surface area contributed by atoms with Gasteiger partial charge in [0.2, 0.25) is 0 Å². The topological polar surface area (TPSA) is 67.2 Å². The monoisotopic (exact) mass is 291 g/mol. The zero-order valence-electron chi connectivity index (χ0n) is 12.7. The third kappa shape index (κ3) is 4.92. The second kappa shape index (κ2) is 7.86. The summed E-state index contributed by atoms with van der Waals surface area (Å²) in [6.07, 6.45) is 8.73. The first-order valence-electron chi connectivity index (χ1n) is 7.99. The van der Waals surface area contributed by atoms with E-state index in [9.17, 15) is 10.1 Å². The maximum Gasteiger partial charge on any atom is 0.273 e. The van der Waals surface area contributed by atoms with Gasteiger partial charge in [-0.1, -0.05) is 32.1 Å². The predicted octanol–water partition coefficient (Wildman–Crippen LogP) is 4.55. The molecule has 2 N–H and O–H groups in total. The van der Waals surface area contributed by atoms with Gasteiger partial charge in [-0.05, 0) is 25.8 Å². The maximum atomic E-state index is 11.1. The summed E-state index contributed by atoms with van der Waals surface area (Å²) in [7, 11) is 0. The summed E-state index contributed by atoms with van der Waals surface area (Å²) in [5.74, 6) is 0. The summed E-state index contributed by atoms with van der Waals surface area (Å²) >= 11 is 0. The lowest BCUT2D eigenvalue weighted by molar-refractivity contribution is -0.384. The lowest BCUT2D eigenvalue weighted by Gasteiger charge is -2.22. The standard InChI is InChI=1S/C16H25N3O2/c1-2-17-14-10-15(12-16(11-14)19(20)21)18-13-8-6-4-3-5-7-9-13/h10-13,17-18H,2-9H2,1H3. The fourth-order valence-corrected chi connectivity index (χ4v) is 2.94. The van der Waals surface area contributed by atoms with E-state index in [-0.39, 0.29) is 10.6 Å². The van der Waals surface area contributed by atoms with E-state index in [4.69, 9.17) is 0 Å². The van der Waals surface area contributed by atoms with Crippen molar-refractivity contribution in [2.75, 3.05) is 17.2 Å². The molecule has 1 aliphatic rings. The molecular weight excluding hydrogens is 266 g/mol. The van der Waals surface area contributed by atoms with Crippen molar-refractivity contribution in [1.29, 1.82) is 0 Å². The average Bonchev–Trinajstić information content (AvgIpc) is 2.42. The summed E-state index contributed by atoms with van der Waals surface area (Å²) in [5.41, 5.74) is 1.80. The van der Waals surface area contributed by atoms with Crippen LogP contribution in [0.1, 0.15) is 51.9 Å². The van der Waals surface area contributed by atoms with Crippen molar-refractivity contribution in [3.8, 4) is 0 Å². The molecule has 1 aromatic carbocycles. The quantitative estimate of drug-likeness (QED) is 0.617. The molecule has 5 heteroatoms. The van der Waals surface area contributed by atoms with Crippen LogP contribution in [0.5, 0.6) is 0 Å². The molecule has 0 saturated heterocycles. The second-order valence-electron chi connectivity index (χ2n) is 5.74. The molecule has 0 spiro atoms. The Balaban J connectivity index is 2.11. The number of anilines is 2. The van der Waals surface area contributed by atoms with E-state index < -0.39 is 0 Å². The number of hydrogen-bond donors (Lipinski definition) is 2. The molecule has 0 bridgehead atoms. The van der Waals surface area contributed by atoms with Gasteiger partial charge in [-0.2, -0.15) is 0 Å². The predicted molar refractivity (Wildman–Crippen MR) is 87.0 cm³/mol. The Morgan fingerprint density at radius 3 is 2.33 bits per heavy atom. The maximum absolute atomic E-state index is 11.1. The van der Waals surface area contributed by atoms with Gasteiger partial charge in [0.15, 0.2) is 0 Å². The van der Waals surface area contributed by atoms with E-state index in [2.05, 4.69) is 10.6 Å². The minimum absolute atomic E-state index is 0.141. The zero-order chi connectivity index (χ0) is 15.1. The molecule has 0 unspecified atom stereocenters. The van der Waals surface area contributed by atoms with Crippen LogP contribution in [-0.2, 0) is 0 Å². The lowest BCUT2D eigenvalue weighted by atomic mass is 9.96. The molecule has 1 aliphatic carbocycles. The minimum atomic E-state index is -0.329. The van der Waals surface area contributed by atoms with Crippen LogP contribution in [0.25, 0.3) is 0 Å². The second-order valence-corrected chi connectivity index (χ2v) is 5.74. The highest BCUT2D eigenvalue weighted by atomic mass is 16.6. The zero-order valence-corrected chi connectivity index (χ0v) is 12.7. The van der Waals surface area contributed by atoms with Crippen molar-refractivity contribution in [2.24, 2.45) is 0 Å². The van der Waals surface area contributed by atoms with E-state index in [0.29, 0.717) is 6.04 Å². The van der Waals surface area contributed by atoms with E-state index in [0.717, 1.165) is 30.8 Å². The molecule has 5 nitrogen and oxygen atoms in total. The molecule has 21 heavy (non-hydrogen) atoms. The fraction of sp³-hybridized carbons (Fsp3) is 0.625. The highest BCUT2D eigenvalue weighted by Crippen LogP contribution is 2.27. The Kier molecular flexibility index (Phi) is 5.84. The van der Waals surface area contributed by atoms with Gasteiger partial charge in [0.25, 0.3) is 5.69 Å². The van der Waals surface area contributed by atoms with Gasteiger partial charge in [0, 0.05) is 36.1 Å². The Morgan fingerprint density at radius 2 is 1.71 bits per heavy atom. The third-order valence-corrected chi connectivity index (χ3v) is 3.99. The van der Waals surface area contributed by atoms with Crippen LogP contribution in [0.4, 0.5) is 17.1 Å². The summed E-state index contributed by atoms with van der Waals surface area (Å²) < 4.78 is 0. The van der Waals surface area contributed by atoms with E-state index in [1.54, 1.807) is 12.1 Å². The molecule has 0 atom stereocenters. The summed E-state index contributed by atoms with van der Waals surface area (Å²) in [5, 5.41) is 17.7. The van der Waals surface area contributed by atoms with Gasteiger partial charge in [0.1, 0.15) is 0 Å². The van der Waals surface area contributed by atoms with Crippen LogP contribution in [0, 0.1) is 10.1 Å². The van der Waals surface area contributed by atoms with Gasteiger partial charge in [-0.15, -0.1) is 0 Å². The lowest BCUT2D eigenvalue weighted by Crippen LogP contribution is -2.20. The summed E-state index contributed by atoms with van der Waals surface area (Å²) in [6.45, 7) is 2.74. The van der Waals surface area contributed by atoms with Crippen molar-refractivity contribution >= 4 is 17.1 Å². The molecule has 1 fully saturated rings. The molecular formula is C16H25N3O2. The van der Waals surface area contributed by atoms with Gasteiger partial charge in [-0.25, -0.2) is 0 Å². The van der Waals surface area contributed by atoms with Crippen molar-refractivity contribution in [1.82, 2.24) is 0 Å². The first-order chi connectivity index (χ1) is 10.2. The smallest absolute Gasteiger partial charge is 0.273 e. The molecule has 1 aromatic rings.